The van der Waals surface area contributed by atoms with Gasteiger partial charge in [-0.2, -0.15) is 0 Å². The van der Waals surface area contributed by atoms with E-state index in [0.29, 0.717) is 30.3 Å². The first-order valence-electron chi connectivity index (χ1n) is 11.2. The molecular formula is C22H25N5O5S. The summed E-state index contributed by atoms with van der Waals surface area (Å²) in [5.74, 6) is 0.402. The molecule has 2 aromatic rings. The van der Waals surface area contributed by atoms with Crippen molar-refractivity contribution in [2.75, 3.05) is 38.3 Å². The zero-order valence-corrected chi connectivity index (χ0v) is 18.9. The number of nitrogens with one attached hydrogen (secondary N) is 1. The molecule has 174 valence electrons. The highest BCUT2D eigenvalue weighted by molar-refractivity contribution is 7.15. The second-order valence-electron chi connectivity index (χ2n) is 8.41. The highest BCUT2D eigenvalue weighted by Gasteiger charge is 2.33. The number of nitrogens with zero attached hydrogens (tertiary/aromatic N) is 4. The van der Waals surface area contributed by atoms with E-state index >= 15 is 0 Å². The van der Waals surface area contributed by atoms with Crippen LogP contribution in [0.4, 0.5) is 5.69 Å². The van der Waals surface area contributed by atoms with Crippen molar-refractivity contribution in [3.63, 3.8) is 0 Å². The smallest absolute Gasteiger partial charge is 0.286 e. The number of carbonyl (C=O) groups excluding carboxylic acids is 3. The van der Waals surface area contributed by atoms with Crippen LogP contribution in [0.3, 0.4) is 0 Å². The molecule has 2 fully saturated rings. The second kappa shape index (κ2) is 9.34. The number of anilines is 1. The van der Waals surface area contributed by atoms with Crippen LogP contribution in [0.5, 0.6) is 11.5 Å². The molecule has 11 heteroatoms. The van der Waals surface area contributed by atoms with Crippen LogP contribution in [0.1, 0.15) is 51.7 Å². The molecule has 0 aliphatic carbocycles. The van der Waals surface area contributed by atoms with Crippen molar-refractivity contribution in [1.29, 1.82) is 0 Å². The predicted octanol–water partition coefficient (Wildman–Crippen LogP) is 2.38. The molecule has 2 saturated heterocycles. The van der Waals surface area contributed by atoms with E-state index in [1.165, 1.54) is 6.42 Å². The van der Waals surface area contributed by atoms with Gasteiger partial charge in [-0.3, -0.25) is 14.4 Å². The number of hydrogen-bond donors (Lipinski definition) is 1. The molecule has 0 bridgehead atoms. The Labute approximate surface area is 194 Å². The highest BCUT2D eigenvalue weighted by Crippen LogP contribution is 2.34. The molecule has 0 unspecified atom stereocenters. The molecule has 5 rings (SSSR count). The molecule has 1 N–H and O–H groups in total. The van der Waals surface area contributed by atoms with Crippen LogP contribution >= 0.6 is 11.3 Å². The fourth-order valence-corrected chi connectivity index (χ4v) is 5.14. The van der Waals surface area contributed by atoms with Crippen LogP contribution in [0.25, 0.3) is 0 Å². The van der Waals surface area contributed by atoms with Gasteiger partial charge in [0, 0.05) is 37.9 Å². The van der Waals surface area contributed by atoms with Crippen LogP contribution in [0, 0.1) is 5.92 Å². The lowest BCUT2D eigenvalue weighted by Crippen LogP contribution is -2.47. The zero-order chi connectivity index (χ0) is 22.8. The Morgan fingerprint density at radius 1 is 0.939 bits per heavy atom. The van der Waals surface area contributed by atoms with E-state index in [9.17, 15) is 14.4 Å². The molecule has 0 radical (unpaired) electrons. The monoisotopic (exact) mass is 471 g/mol. The number of fused-ring (bicyclic) bond motifs is 1. The fourth-order valence-electron chi connectivity index (χ4n) is 4.43. The van der Waals surface area contributed by atoms with E-state index in [2.05, 4.69) is 15.5 Å². The minimum atomic E-state index is -0.456. The Morgan fingerprint density at radius 2 is 1.70 bits per heavy atom. The van der Waals surface area contributed by atoms with Crippen molar-refractivity contribution in [3.8, 4) is 11.5 Å². The summed E-state index contributed by atoms with van der Waals surface area (Å²) in [6.45, 7) is 2.71. The quantitative estimate of drug-likeness (QED) is 0.728. The molecule has 3 aliphatic rings. The van der Waals surface area contributed by atoms with Gasteiger partial charge in [0.2, 0.25) is 22.7 Å². The standard InChI is InChI=1S/C22H25N5O5S/c28-18(23-15-6-7-16-17(11-15)32-13-31-16)19-24-25-20(33-19)22(30)27-10-4-5-14(12-27)21(29)26-8-2-1-3-9-26/h6-7,11,14H,1-5,8-10,12-13H2,(H,23,28)/t14-/m1/s1. The molecule has 4 heterocycles. The van der Waals surface area contributed by atoms with Gasteiger partial charge in [-0.05, 0) is 44.2 Å². The number of carbonyl (C=O) groups is 3. The first-order chi connectivity index (χ1) is 16.1. The lowest BCUT2D eigenvalue weighted by Gasteiger charge is -2.35. The van der Waals surface area contributed by atoms with Crippen LogP contribution < -0.4 is 14.8 Å². The van der Waals surface area contributed by atoms with Gasteiger partial charge in [0.15, 0.2) is 11.5 Å². The van der Waals surface area contributed by atoms with E-state index in [1.54, 1.807) is 23.1 Å². The van der Waals surface area contributed by atoms with E-state index < -0.39 is 5.91 Å². The van der Waals surface area contributed by atoms with Crippen molar-refractivity contribution >= 4 is 34.7 Å². The maximum Gasteiger partial charge on any atom is 0.286 e. The van der Waals surface area contributed by atoms with Gasteiger partial charge in [0.25, 0.3) is 11.8 Å². The number of aromatic nitrogens is 2. The van der Waals surface area contributed by atoms with Gasteiger partial charge in [0.05, 0.1) is 5.92 Å². The fraction of sp³-hybridized carbons (Fsp3) is 0.500. The molecule has 0 spiro atoms. The van der Waals surface area contributed by atoms with Crippen LogP contribution in [-0.2, 0) is 4.79 Å². The van der Waals surface area contributed by atoms with Crippen molar-refractivity contribution in [2.24, 2.45) is 5.92 Å². The summed E-state index contributed by atoms with van der Waals surface area (Å²) in [7, 11) is 0. The maximum absolute atomic E-state index is 13.0. The van der Waals surface area contributed by atoms with E-state index in [0.717, 1.165) is 50.1 Å². The average Bonchev–Trinajstić information content (AvgIpc) is 3.53. The predicted molar refractivity (Wildman–Crippen MR) is 119 cm³/mol. The normalized spacial score (nSPS) is 19.9. The summed E-state index contributed by atoms with van der Waals surface area (Å²) >= 11 is 0.948. The number of likely N-dealkylation sites (tertiary alicyclic amines) is 2. The number of ether oxygens (including phenoxy) is 2. The van der Waals surface area contributed by atoms with E-state index in [1.807, 2.05) is 4.90 Å². The lowest BCUT2D eigenvalue weighted by molar-refractivity contribution is -0.137. The number of hydrogen-bond acceptors (Lipinski definition) is 8. The van der Waals surface area contributed by atoms with Crippen molar-refractivity contribution in [2.45, 2.75) is 32.1 Å². The molecule has 33 heavy (non-hydrogen) atoms. The maximum atomic E-state index is 13.0. The summed E-state index contributed by atoms with van der Waals surface area (Å²) in [5.41, 5.74) is 0.530. The van der Waals surface area contributed by atoms with Crippen LogP contribution in [-0.4, -0.2) is 70.7 Å². The largest absolute Gasteiger partial charge is 0.454 e. The molecule has 0 saturated carbocycles. The van der Waals surface area contributed by atoms with Crippen molar-refractivity contribution in [1.82, 2.24) is 20.0 Å². The Hall–Kier alpha value is -3.21. The third-order valence-corrected chi connectivity index (χ3v) is 7.07. The Kier molecular flexibility index (Phi) is 6.12. The van der Waals surface area contributed by atoms with Gasteiger partial charge in [0.1, 0.15) is 0 Å². The number of piperidine rings is 2. The molecular weight excluding hydrogens is 446 g/mol. The Balaban J connectivity index is 1.21. The third-order valence-electron chi connectivity index (χ3n) is 6.16. The highest BCUT2D eigenvalue weighted by atomic mass is 32.1. The molecule has 1 aromatic carbocycles. The lowest BCUT2D eigenvalue weighted by atomic mass is 9.95. The van der Waals surface area contributed by atoms with Gasteiger partial charge in [-0.15, -0.1) is 10.2 Å². The summed E-state index contributed by atoms with van der Waals surface area (Å²) in [6.07, 6.45) is 4.82. The summed E-state index contributed by atoms with van der Waals surface area (Å²) < 4.78 is 10.6. The minimum Gasteiger partial charge on any atom is -0.454 e. The van der Waals surface area contributed by atoms with Crippen molar-refractivity contribution < 1.29 is 23.9 Å². The summed E-state index contributed by atoms with van der Waals surface area (Å²) in [4.78, 5) is 42.1. The number of rotatable bonds is 4. The SMILES string of the molecule is O=C(Nc1ccc2c(c1)OCO2)c1nnc(C(=O)N2CCC[C@@H](C(=O)N3CCCCC3)C2)s1. The molecule has 3 amide bonds. The average molecular weight is 472 g/mol. The summed E-state index contributed by atoms with van der Waals surface area (Å²) in [5, 5.41) is 10.8. The van der Waals surface area contributed by atoms with Gasteiger partial charge in [-0.1, -0.05) is 11.3 Å². The second-order valence-corrected chi connectivity index (χ2v) is 9.39. The van der Waals surface area contributed by atoms with Gasteiger partial charge in [-0.25, -0.2) is 0 Å². The van der Waals surface area contributed by atoms with Crippen LogP contribution in [0.15, 0.2) is 18.2 Å². The number of benzene rings is 1. The molecule has 10 nitrogen and oxygen atoms in total. The Bertz CT molecular complexity index is 1070. The van der Waals surface area contributed by atoms with Crippen molar-refractivity contribution in [3.05, 3.63) is 28.2 Å². The summed E-state index contributed by atoms with van der Waals surface area (Å²) in [6, 6.07) is 5.08. The van der Waals surface area contributed by atoms with Gasteiger partial charge < -0.3 is 24.6 Å². The van der Waals surface area contributed by atoms with Gasteiger partial charge >= 0.3 is 0 Å². The third kappa shape index (κ3) is 4.63. The zero-order valence-electron chi connectivity index (χ0n) is 18.1. The minimum absolute atomic E-state index is 0.0916. The number of amides is 3. The molecule has 1 atom stereocenters. The van der Waals surface area contributed by atoms with Crippen LogP contribution in [0.2, 0.25) is 0 Å². The molecule has 3 aliphatic heterocycles. The first-order valence-corrected chi connectivity index (χ1v) is 12.0. The van der Waals surface area contributed by atoms with E-state index in [-0.39, 0.29) is 34.5 Å². The van der Waals surface area contributed by atoms with E-state index in [4.69, 9.17) is 9.47 Å². The first kappa shape index (κ1) is 21.6. The topological polar surface area (TPSA) is 114 Å². The Morgan fingerprint density at radius 3 is 2.55 bits per heavy atom. The molecule has 1 aromatic heterocycles.